The summed E-state index contributed by atoms with van der Waals surface area (Å²) >= 11 is 0. The third kappa shape index (κ3) is 24.7. The van der Waals surface area contributed by atoms with Crippen molar-refractivity contribution in [3.05, 3.63) is 0 Å². The zero-order chi connectivity index (χ0) is 14.2. The minimum atomic E-state index is 0.287. The lowest BCUT2D eigenvalue weighted by atomic mass is 10.1. The Hall–Kier alpha value is -0.410. The topological polar surface area (TPSA) is 57.5 Å². The molecule has 0 aromatic heterocycles. The second kappa shape index (κ2) is 16.6. The van der Waals surface area contributed by atoms with Crippen LogP contribution in [-0.2, 0) is 4.79 Å². The van der Waals surface area contributed by atoms with Crippen molar-refractivity contribution in [2.75, 3.05) is 13.2 Å². The first-order valence-electron chi connectivity index (χ1n) is 7.25. The number of unbranched alkanes of at least 4 members (excludes halogenated alkanes) is 6. The van der Waals surface area contributed by atoms with Crippen molar-refractivity contribution in [1.29, 1.82) is 0 Å². The second-order valence-corrected chi connectivity index (χ2v) is 5.22. The fraction of sp³-hybridized carbons (Fsp3) is 0.933. The molecular weight excluding hydrogens is 228 g/mol. The van der Waals surface area contributed by atoms with Crippen molar-refractivity contribution >= 4 is 5.78 Å². The summed E-state index contributed by atoms with van der Waals surface area (Å²) in [7, 11) is 0. The van der Waals surface area contributed by atoms with Crippen LogP contribution in [0.5, 0.6) is 0 Å². The number of hydrogen-bond acceptors (Lipinski definition) is 3. The van der Waals surface area contributed by atoms with Gasteiger partial charge in [-0.2, -0.15) is 0 Å². The minimum Gasteiger partial charge on any atom is -0.396 e. The van der Waals surface area contributed by atoms with E-state index in [-0.39, 0.29) is 5.78 Å². The largest absolute Gasteiger partial charge is 0.396 e. The Bertz CT molecular complexity index is 159. The SMILES string of the molecule is CC(=O)CC(C)C.OCCCCCCCCCO. The molecule has 0 amide bonds. The first-order valence-corrected chi connectivity index (χ1v) is 7.25. The highest BCUT2D eigenvalue weighted by Gasteiger charge is 1.95. The number of hydrogen-bond donors (Lipinski definition) is 2. The zero-order valence-electron chi connectivity index (χ0n) is 12.5. The normalized spacial score (nSPS) is 10.1. The van der Waals surface area contributed by atoms with Crippen LogP contribution in [0.4, 0.5) is 0 Å². The molecule has 0 rings (SSSR count). The van der Waals surface area contributed by atoms with Crippen LogP contribution in [0.3, 0.4) is 0 Å². The summed E-state index contributed by atoms with van der Waals surface area (Å²) in [6.07, 6.45) is 8.61. The molecule has 0 aliphatic rings. The van der Waals surface area contributed by atoms with Crippen LogP contribution < -0.4 is 0 Å². The second-order valence-electron chi connectivity index (χ2n) is 5.22. The van der Waals surface area contributed by atoms with Crippen LogP contribution in [0.2, 0.25) is 0 Å². The van der Waals surface area contributed by atoms with Crippen LogP contribution in [0.25, 0.3) is 0 Å². The standard InChI is InChI=1S/C9H20O2.C6H12O/c10-8-6-4-2-1-3-5-7-9-11;1-5(2)4-6(3)7/h10-11H,1-9H2;5H,4H2,1-3H3. The van der Waals surface area contributed by atoms with Crippen molar-refractivity contribution in [3.8, 4) is 0 Å². The van der Waals surface area contributed by atoms with Crippen LogP contribution in [0.15, 0.2) is 0 Å². The van der Waals surface area contributed by atoms with E-state index in [2.05, 4.69) is 0 Å². The highest BCUT2D eigenvalue weighted by Crippen LogP contribution is 2.06. The number of ketones is 1. The average Bonchev–Trinajstić information content (AvgIpc) is 2.27. The van der Waals surface area contributed by atoms with Crippen LogP contribution in [-0.4, -0.2) is 29.2 Å². The average molecular weight is 260 g/mol. The van der Waals surface area contributed by atoms with Gasteiger partial charge in [-0.15, -0.1) is 0 Å². The van der Waals surface area contributed by atoms with Crippen molar-refractivity contribution in [1.82, 2.24) is 0 Å². The molecule has 3 nitrogen and oxygen atoms in total. The fourth-order valence-electron chi connectivity index (χ4n) is 1.68. The molecule has 0 aromatic carbocycles. The molecule has 0 unspecified atom stereocenters. The number of aliphatic hydroxyl groups excluding tert-OH is 2. The van der Waals surface area contributed by atoms with E-state index in [1.54, 1.807) is 6.92 Å². The third-order valence-electron chi connectivity index (χ3n) is 2.51. The summed E-state index contributed by atoms with van der Waals surface area (Å²) in [6.45, 7) is 6.37. The van der Waals surface area contributed by atoms with E-state index in [0.29, 0.717) is 19.1 Å². The van der Waals surface area contributed by atoms with Gasteiger partial charge in [0.15, 0.2) is 0 Å². The molecule has 2 N–H and O–H groups in total. The molecular formula is C15H32O3. The lowest BCUT2D eigenvalue weighted by Gasteiger charge is -1.98. The summed E-state index contributed by atoms with van der Waals surface area (Å²) in [5, 5.41) is 16.9. The third-order valence-corrected chi connectivity index (χ3v) is 2.51. The van der Waals surface area contributed by atoms with E-state index in [1.165, 1.54) is 19.3 Å². The smallest absolute Gasteiger partial charge is 0.130 e. The fourth-order valence-corrected chi connectivity index (χ4v) is 1.68. The molecule has 0 aliphatic heterocycles. The van der Waals surface area contributed by atoms with E-state index in [0.717, 1.165) is 32.1 Å². The van der Waals surface area contributed by atoms with Gasteiger partial charge in [-0.1, -0.05) is 46.0 Å². The Kier molecular flexibility index (Phi) is 18.4. The van der Waals surface area contributed by atoms with Gasteiger partial charge in [0.25, 0.3) is 0 Å². The monoisotopic (exact) mass is 260 g/mol. The van der Waals surface area contributed by atoms with Gasteiger partial charge in [-0.25, -0.2) is 0 Å². The van der Waals surface area contributed by atoms with E-state index in [9.17, 15) is 4.79 Å². The van der Waals surface area contributed by atoms with Gasteiger partial charge in [0, 0.05) is 19.6 Å². The Labute approximate surface area is 113 Å². The number of carbonyl (C=O) groups excluding carboxylic acids is 1. The molecule has 18 heavy (non-hydrogen) atoms. The Morgan fingerprint density at radius 1 is 0.833 bits per heavy atom. The van der Waals surface area contributed by atoms with Gasteiger partial charge in [-0.05, 0) is 25.7 Å². The molecule has 0 radical (unpaired) electrons. The van der Waals surface area contributed by atoms with Gasteiger partial charge in [0.1, 0.15) is 5.78 Å². The Morgan fingerprint density at radius 2 is 1.17 bits per heavy atom. The predicted molar refractivity (Wildman–Crippen MR) is 76.6 cm³/mol. The maximum Gasteiger partial charge on any atom is 0.130 e. The molecule has 0 saturated heterocycles. The molecule has 0 saturated carbocycles. The summed E-state index contributed by atoms with van der Waals surface area (Å²) in [4.78, 5) is 10.3. The summed E-state index contributed by atoms with van der Waals surface area (Å²) < 4.78 is 0. The molecule has 0 heterocycles. The summed E-state index contributed by atoms with van der Waals surface area (Å²) in [5.74, 6) is 0.813. The lowest BCUT2D eigenvalue weighted by molar-refractivity contribution is -0.117. The number of aliphatic hydroxyl groups is 2. The lowest BCUT2D eigenvalue weighted by Crippen LogP contribution is -1.95. The first-order chi connectivity index (χ1) is 8.54. The summed E-state index contributed by atoms with van der Waals surface area (Å²) in [5.41, 5.74) is 0. The minimum absolute atomic E-state index is 0.287. The number of carbonyl (C=O) groups is 1. The zero-order valence-corrected chi connectivity index (χ0v) is 12.5. The molecule has 0 aromatic rings. The van der Waals surface area contributed by atoms with Gasteiger partial charge in [0.05, 0.1) is 0 Å². The highest BCUT2D eigenvalue weighted by molar-refractivity contribution is 5.75. The first kappa shape index (κ1) is 19.9. The number of Topliss-reactive ketones (excluding diaryl/α,β-unsaturated/α-hetero) is 1. The van der Waals surface area contributed by atoms with E-state index in [1.807, 2.05) is 13.8 Å². The number of rotatable bonds is 10. The Balaban J connectivity index is 0. The molecule has 0 spiro atoms. The van der Waals surface area contributed by atoms with Crippen LogP contribution >= 0.6 is 0 Å². The van der Waals surface area contributed by atoms with Gasteiger partial charge >= 0.3 is 0 Å². The van der Waals surface area contributed by atoms with Gasteiger partial charge < -0.3 is 15.0 Å². The maximum atomic E-state index is 10.3. The molecule has 3 heteroatoms. The maximum absolute atomic E-state index is 10.3. The van der Waals surface area contributed by atoms with Crippen molar-refractivity contribution in [2.45, 2.75) is 72.1 Å². The van der Waals surface area contributed by atoms with Crippen molar-refractivity contribution in [3.63, 3.8) is 0 Å². The molecule has 0 bridgehead atoms. The molecule has 0 aliphatic carbocycles. The predicted octanol–water partition coefficient (Wildman–Crippen LogP) is 3.32. The van der Waals surface area contributed by atoms with Crippen molar-refractivity contribution in [2.24, 2.45) is 5.92 Å². The van der Waals surface area contributed by atoms with E-state index in [4.69, 9.17) is 10.2 Å². The Morgan fingerprint density at radius 3 is 1.33 bits per heavy atom. The van der Waals surface area contributed by atoms with Crippen LogP contribution in [0, 0.1) is 5.92 Å². The highest BCUT2D eigenvalue weighted by atomic mass is 16.3. The summed E-state index contributed by atoms with van der Waals surface area (Å²) in [6, 6.07) is 0. The molecule has 0 fully saturated rings. The quantitative estimate of drug-likeness (QED) is 0.592. The van der Waals surface area contributed by atoms with Gasteiger partial charge in [0.2, 0.25) is 0 Å². The molecule has 110 valence electrons. The van der Waals surface area contributed by atoms with E-state index >= 15 is 0 Å². The molecule has 0 atom stereocenters. The van der Waals surface area contributed by atoms with Crippen LogP contribution in [0.1, 0.15) is 72.1 Å². The van der Waals surface area contributed by atoms with E-state index < -0.39 is 0 Å². The van der Waals surface area contributed by atoms with Gasteiger partial charge in [-0.3, -0.25) is 0 Å². The van der Waals surface area contributed by atoms with Crippen molar-refractivity contribution < 1.29 is 15.0 Å².